The zero-order valence-corrected chi connectivity index (χ0v) is 15.2. The third-order valence-electron chi connectivity index (χ3n) is 4.81. The Labute approximate surface area is 130 Å². The third-order valence-corrected chi connectivity index (χ3v) is 10.2. The molecule has 0 aliphatic rings. The molecule has 1 atom stereocenters. The zero-order valence-electron chi connectivity index (χ0n) is 14.2. The minimum absolute atomic E-state index is 0.0188. The molecule has 0 aliphatic heterocycles. The molecule has 0 N–H and O–H groups in total. The van der Waals surface area contributed by atoms with Crippen LogP contribution in [-0.4, -0.2) is 19.3 Å². The largest absolute Gasteiger partial charge is 0.305 e. The lowest BCUT2D eigenvalue weighted by Gasteiger charge is -2.36. The van der Waals surface area contributed by atoms with E-state index in [2.05, 4.69) is 33.9 Å². The molecule has 116 valence electrons. The number of carbonyl (C=O) groups is 2. The summed E-state index contributed by atoms with van der Waals surface area (Å²) in [7, 11) is -2.01. The van der Waals surface area contributed by atoms with Crippen molar-refractivity contribution in [2.75, 3.05) is 0 Å². The number of rotatable bonds is 6. The van der Waals surface area contributed by atoms with Gasteiger partial charge in [0.2, 0.25) is 0 Å². The number of hydrogen-bond donors (Lipinski definition) is 0. The number of benzene rings is 1. The van der Waals surface area contributed by atoms with Crippen LogP contribution in [0, 0.1) is 0 Å². The van der Waals surface area contributed by atoms with E-state index in [0.29, 0.717) is 18.2 Å². The summed E-state index contributed by atoms with van der Waals surface area (Å²) in [4.78, 5) is 24.4. The number of ketones is 1. The van der Waals surface area contributed by atoms with E-state index in [-0.39, 0.29) is 16.7 Å². The van der Waals surface area contributed by atoms with E-state index >= 15 is 0 Å². The third kappa shape index (κ3) is 4.63. The van der Waals surface area contributed by atoms with Gasteiger partial charge in [-0.15, -0.1) is 0 Å². The van der Waals surface area contributed by atoms with Crippen LogP contribution in [0.1, 0.15) is 52.0 Å². The van der Waals surface area contributed by atoms with Gasteiger partial charge in [-0.25, -0.2) is 0 Å². The normalized spacial score (nSPS) is 13.8. The second-order valence-electron chi connectivity index (χ2n) is 7.52. The first-order valence-electron chi connectivity index (χ1n) is 7.63. The Morgan fingerprint density at radius 2 is 1.57 bits per heavy atom. The van der Waals surface area contributed by atoms with Crippen molar-refractivity contribution in [1.82, 2.24) is 0 Å². The van der Waals surface area contributed by atoms with Crippen molar-refractivity contribution in [2.24, 2.45) is 0 Å². The van der Waals surface area contributed by atoms with Crippen LogP contribution in [0.3, 0.4) is 0 Å². The molecule has 0 amide bonds. The Bertz CT molecular complexity index is 498. The molecule has 0 aromatic heterocycles. The van der Waals surface area contributed by atoms with Gasteiger partial charge in [0.25, 0.3) is 0 Å². The Morgan fingerprint density at radius 1 is 1.05 bits per heavy atom. The van der Waals surface area contributed by atoms with Gasteiger partial charge in [-0.1, -0.05) is 64.2 Å². The predicted octanol–water partition coefficient (Wildman–Crippen LogP) is 4.76. The molecule has 0 spiro atoms. The second-order valence-corrected chi connectivity index (χ2v) is 12.8. The fourth-order valence-corrected chi connectivity index (χ4v) is 3.87. The van der Waals surface area contributed by atoms with Crippen LogP contribution in [0.15, 0.2) is 30.3 Å². The number of carbonyl (C=O) groups excluding carboxylic acids is 2. The first kappa shape index (κ1) is 17.8. The van der Waals surface area contributed by atoms with Crippen LogP contribution in [0.25, 0.3) is 0 Å². The molecule has 0 heterocycles. The Balaban J connectivity index is 2.98. The molecule has 0 aliphatic carbocycles. The molecule has 1 aromatic carbocycles. The molecule has 1 rings (SSSR count). The van der Waals surface area contributed by atoms with Crippen molar-refractivity contribution in [1.29, 1.82) is 0 Å². The van der Waals surface area contributed by atoms with Gasteiger partial charge >= 0.3 is 0 Å². The van der Waals surface area contributed by atoms with Gasteiger partial charge in [0.1, 0.15) is 19.3 Å². The molecule has 2 nitrogen and oxygen atoms in total. The molecule has 1 unspecified atom stereocenters. The smallest absolute Gasteiger partial charge is 0.132 e. The Morgan fingerprint density at radius 3 is 2.00 bits per heavy atom. The molecule has 21 heavy (non-hydrogen) atoms. The van der Waals surface area contributed by atoms with Crippen molar-refractivity contribution < 1.29 is 9.59 Å². The zero-order chi connectivity index (χ0) is 16.3. The van der Waals surface area contributed by atoms with Crippen LogP contribution in [0.4, 0.5) is 0 Å². The highest BCUT2D eigenvalue weighted by atomic mass is 28.3. The number of hydrogen-bond acceptors (Lipinski definition) is 2. The maximum Gasteiger partial charge on any atom is 0.132 e. The molecule has 0 bridgehead atoms. The van der Waals surface area contributed by atoms with Crippen LogP contribution in [-0.2, 0) is 9.59 Å². The fraction of sp³-hybridized carbons (Fsp3) is 0.556. The van der Waals surface area contributed by atoms with Crippen LogP contribution >= 0.6 is 0 Å². The van der Waals surface area contributed by atoms with E-state index in [4.69, 9.17) is 0 Å². The fourth-order valence-electron chi connectivity index (χ4n) is 2.28. The summed E-state index contributed by atoms with van der Waals surface area (Å²) in [6.45, 7) is 12.3. The summed E-state index contributed by atoms with van der Waals surface area (Å²) >= 11 is 0. The summed E-state index contributed by atoms with van der Waals surface area (Å²) in [5, 5.41) is 0.409. The van der Waals surface area contributed by atoms with Gasteiger partial charge < -0.3 is 9.59 Å². The van der Waals surface area contributed by atoms with Crippen LogP contribution < -0.4 is 0 Å². The van der Waals surface area contributed by atoms with Crippen molar-refractivity contribution in [3.63, 3.8) is 0 Å². The second kappa shape index (κ2) is 6.69. The molecule has 3 heteroatoms. The van der Waals surface area contributed by atoms with Gasteiger partial charge in [0.05, 0.1) is 0 Å². The maximum atomic E-state index is 12.8. The SMILES string of the molecule is CC(=O)CC(CC(=O)[Si](C)(C)C(C)(C)C)c1ccccc1. The van der Waals surface area contributed by atoms with E-state index in [1.165, 1.54) is 0 Å². The molecular weight excluding hydrogens is 276 g/mol. The van der Waals surface area contributed by atoms with Gasteiger partial charge in [-0.05, 0) is 23.4 Å². The highest BCUT2D eigenvalue weighted by molar-refractivity contribution is 7.06. The minimum atomic E-state index is -2.01. The monoisotopic (exact) mass is 304 g/mol. The first-order valence-corrected chi connectivity index (χ1v) is 10.6. The number of Topliss-reactive ketones (excluding diaryl/α,β-unsaturated/α-hetero) is 1. The maximum absolute atomic E-state index is 12.8. The van der Waals surface area contributed by atoms with E-state index in [9.17, 15) is 9.59 Å². The van der Waals surface area contributed by atoms with Gasteiger partial charge in [-0.2, -0.15) is 0 Å². The minimum Gasteiger partial charge on any atom is -0.305 e. The topological polar surface area (TPSA) is 34.1 Å². The lowest BCUT2D eigenvalue weighted by molar-refractivity contribution is -0.117. The Kier molecular flexibility index (Phi) is 5.68. The van der Waals surface area contributed by atoms with Crippen LogP contribution in [0.2, 0.25) is 18.1 Å². The Hall–Kier alpha value is -1.22. The van der Waals surface area contributed by atoms with E-state index in [1.807, 2.05) is 30.3 Å². The average molecular weight is 305 g/mol. The van der Waals surface area contributed by atoms with Crippen molar-refractivity contribution >= 4 is 19.3 Å². The quantitative estimate of drug-likeness (QED) is 0.710. The highest BCUT2D eigenvalue weighted by Crippen LogP contribution is 2.38. The summed E-state index contributed by atoms with van der Waals surface area (Å²) < 4.78 is 0. The van der Waals surface area contributed by atoms with Crippen molar-refractivity contribution in [3.8, 4) is 0 Å². The van der Waals surface area contributed by atoms with Gasteiger partial charge in [-0.3, -0.25) is 0 Å². The molecule has 0 radical (unpaired) electrons. The van der Waals surface area contributed by atoms with E-state index in [1.54, 1.807) is 6.92 Å². The molecule has 1 aromatic rings. The molecule has 0 saturated heterocycles. The molecule has 0 saturated carbocycles. The van der Waals surface area contributed by atoms with Crippen molar-refractivity contribution in [3.05, 3.63) is 35.9 Å². The van der Waals surface area contributed by atoms with Crippen LogP contribution in [0.5, 0.6) is 0 Å². The summed E-state index contributed by atoms with van der Waals surface area (Å²) in [6, 6.07) is 9.95. The molecule has 0 fully saturated rings. The summed E-state index contributed by atoms with van der Waals surface area (Å²) in [5.41, 5.74) is 1.10. The van der Waals surface area contributed by atoms with Gasteiger partial charge in [0, 0.05) is 12.8 Å². The highest BCUT2D eigenvalue weighted by Gasteiger charge is 2.42. The molecular formula is C18H28O2Si. The predicted molar refractivity (Wildman–Crippen MR) is 91.3 cm³/mol. The van der Waals surface area contributed by atoms with E-state index < -0.39 is 8.07 Å². The summed E-state index contributed by atoms with van der Waals surface area (Å²) in [5.74, 6) is 0.164. The summed E-state index contributed by atoms with van der Waals surface area (Å²) in [6.07, 6.45) is 0.935. The van der Waals surface area contributed by atoms with Gasteiger partial charge in [0.15, 0.2) is 0 Å². The average Bonchev–Trinajstić information content (AvgIpc) is 2.37. The van der Waals surface area contributed by atoms with Crippen molar-refractivity contribution in [2.45, 2.75) is 64.6 Å². The first-order chi connectivity index (χ1) is 9.55. The lowest BCUT2D eigenvalue weighted by Crippen LogP contribution is -2.46. The lowest BCUT2D eigenvalue weighted by atomic mass is 9.91. The van der Waals surface area contributed by atoms with E-state index in [0.717, 1.165) is 5.56 Å². The standard InChI is InChI=1S/C18H28O2Si/c1-14(19)12-16(15-10-8-7-9-11-15)13-17(20)21(5,6)18(2,3)4/h7-11,16H,12-13H2,1-6H3.